The highest BCUT2D eigenvalue weighted by Crippen LogP contribution is 2.33. The molecular formula is C17H21N9O3. The quantitative estimate of drug-likeness (QED) is 0.347. The monoisotopic (exact) mass is 399 g/mol. The van der Waals surface area contributed by atoms with Crippen LogP contribution in [0.4, 0.5) is 5.82 Å². The average molecular weight is 399 g/mol. The number of fused-ring (bicyclic) bond motifs is 2. The summed E-state index contributed by atoms with van der Waals surface area (Å²) in [5, 5.41) is 35.5. The molecule has 0 bridgehead atoms. The smallest absolute Gasteiger partial charge is 0.165 e. The average Bonchev–Trinajstić information content (AvgIpc) is 3.41. The number of benzene rings is 1. The maximum atomic E-state index is 10.5. The zero-order valence-electron chi connectivity index (χ0n) is 15.4. The third-order valence-corrected chi connectivity index (χ3v) is 5.17. The van der Waals surface area contributed by atoms with Gasteiger partial charge in [-0.05, 0) is 12.1 Å². The van der Waals surface area contributed by atoms with Crippen LogP contribution in [-0.4, -0.2) is 72.1 Å². The van der Waals surface area contributed by atoms with Crippen molar-refractivity contribution in [3.63, 3.8) is 0 Å². The van der Waals surface area contributed by atoms with Crippen LogP contribution in [-0.2, 0) is 11.4 Å². The van der Waals surface area contributed by atoms with Crippen molar-refractivity contribution in [1.82, 2.24) is 29.9 Å². The standard InChI is InChI=1S/C17H21N9O3/c18-15-12-16(21-6-20-15)25(8-22-12)17-14(28)13(27)11(29-17)5-19-7-26-10-4-2-1-3-9(10)23-24-26/h1-4,8,11,13-14,17,19,21,27-28H,5-7H2,(H2,18,20). The second-order valence-electron chi connectivity index (χ2n) is 6.96. The summed E-state index contributed by atoms with van der Waals surface area (Å²) in [6.45, 7) is 1.02. The van der Waals surface area contributed by atoms with E-state index in [4.69, 9.17) is 10.5 Å². The molecule has 3 aromatic rings. The van der Waals surface area contributed by atoms with E-state index in [-0.39, 0.29) is 0 Å². The molecule has 4 heterocycles. The van der Waals surface area contributed by atoms with Crippen molar-refractivity contribution in [2.75, 3.05) is 18.5 Å². The molecule has 4 unspecified atom stereocenters. The number of imidazole rings is 1. The number of hydrogen-bond donors (Lipinski definition) is 5. The van der Waals surface area contributed by atoms with E-state index >= 15 is 0 Å². The van der Waals surface area contributed by atoms with Crippen molar-refractivity contribution in [2.45, 2.75) is 31.2 Å². The van der Waals surface area contributed by atoms with Gasteiger partial charge >= 0.3 is 0 Å². The number of nitrogens with zero attached hydrogens (tertiary/aromatic N) is 6. The van der Waals surface area contributed by atoms with Crippen molar-refractivity contribution < 1.29 is 14.9 Å². The zero-order chi connectivity index (χ0) is 20.0. The van der Waals surface area contributed by atoms with Gasteiger partial charge in [-0.3, -0.25) is 9.88 Å². The van der Waals surface area contributed by atoms with E-state index in [9.17, 15) is 10.2 Å². The van der Waals surface area contributed by atoms with E-state index in [0.29, 0.717) is 37.2 Å². The zero-order valence-corrected chi connectivity index (χ0v) is 15.4. The topological polar surface area (TPSA) is 161 Å². The van der Waals surface area contributed by atoms with Gasteiger partial charge in [-0.15, -0.1) is 5.10 Å². The molecule has 152 valence electrons. The van der Waals surface area contributed by atoms with Gasteiger partial charge in [0.2, 0.25) is 0 Å². The van der Waals surface area contributed by atoms with Gasteiger partial charge in [0.25, 0.3) is 0 Å². The number of para-hydroxylation sites is 1. The normalized spacial score (nSPS) is 26.3. The fourth-order valence-corrected chi connectivity index (χ4v) is 3.67. The number of aromatic nitrogens is 5. The summed E-state index contributed by atoms with van der Waals surface area (Å²) < 4.78 is 9.29. The van der Waals surface area contributed by atoms with E-state index in [0.717, 1.165) is 11.0 Å². The lowest BCUT2D eigenvalue weighted by Gasteiger charge is -2.21. The van der Waals surface area contributed by atoms with E-state index in [1.54, 1.807) is 9.25 Å². The summed E-state index contributed by atoms with van der Waals surface area (Å²) in [6, 6.07) is 7.65. The molecule has 5 rings (SSSR count). The molecule has 2 aliphatic rings. The van der Waals surface area contributed by atoms with Crippen LogP contribution in [0.25, 0.3) is 11.0 Å². The van der Waals surface area contributed by atoms with Crippen molar-refractivity contribution in [3.05, 3.63) is 36.3 Å². The maximum absolute atomic E-state index is 10.5. The van der Waals surface area contributed by atoms with Crippen LogP contribution in [0.5, 0.6) is 0 Å². The van der Waals surface area contributed by atoms with Crippen molar-refractivity contribution >= 4 is 22.7 Å². The molecule has 0 saturated carbocycles. The Balaban J connectivity index is 1.26. The first kappa shape index (κ1) is 18.0. The summed E-state index contributed by atoms with van der Waals surface area (Å²) in [5.74, 6) is 0.931. The Kier molecular flexibility index (Phi) is 4.39. The Morgan fingerprint density at radius 1 is 1.28 bits per heavy atom. The summed E-state index contributed by atoms with van der Waals surface area (Å²) in [5.41, 5.74) is 8.07. The molecule has 2 aromatic heterocycles. The van der Waals surface area contributed by atoms with Crippen LogP contribution in [0, 0.1) is 0 Å². The number of aliphatic hydroxyl groups excluding tert-OH is 2. The van der Waals surface area contributed by atoms with Gasteiger partial charge in [-0.2, -0.15) is 0 Å². The van der Waals surface area contributed by atoms with E-state index in [2.05, 4.69) is 30.9 Å². The Morgan fingerprint density at radius 3 is 3.03 bits per heavy atom. The van der Waals surface area contributed by atoms with Crippen molar-refractivity contribution in [3.8, 4) is 0 Å². The highest BCUT2D eigenvalue weighted by atomic mass is 16.6. The number of ether oxygens (including phenoxy) is 1. The number of rotatable bonds is 5. The SMILES string of the molecule is NC1=NCNc2c1ncn2C1OC(CNCn2nnc3ccccc32)C(O)C1O. The predicted octanol–water partition coefficient (Wildman–Crippen LogP) is -1.42. The lowest BCUT2D eigenvalue weighted by molar-refractivity contribution is -0.0355. The summed E-state index contributed by atoms with van der Waals surface area (Å²) in [4.78, 5) is 8.31. The Hall–Kier alpha value is -3.06. The molecule has 0 radical (unpaired) electrons. The minimum atomic E-state index is -1.12. The van der Waals surface area contributed by atoms with Crippen LogP contribution >= 0.6 is 0 Å². The fraction of sp³-hybridized carbons (Fsp3) is 0.412. The van der Waals surface area contributed by atoms with Crippen molar-refractivity contribution in [2.24, 2.45) is 10.7 Å². The van der Waals surface area contributed by atoms with Crippen LogP contribution in [0.1, 0.15) is 11.9 Å². The first-order valence-corrected chi connectivity index (χ1v) is 9.25. The van der Waals surface area contributed by atoms with E-state index in [1.165, 1.54) is 6.33 Å². The number of amidine groups is 1. The molecule has 1 saturated heterocycles. The van der Waals surface area contributed by atoms with E-state index < -0.39 is 24.5 Å². The van der Waals surface area contributed by atoms with E-state index in [1.807, 2.05) is 24.3 Å². The summed E-state index contributed by atoms with van der Waals surface area (Å²) in [7, 11) is 0. The lowest BCUT2D eigenvalue weighted by Crippen LogP contribution is -2.38. The molecule has 2 aliphatic heterocycles. The molecule has 0 spiro atoms. The van der Waals surface area contributed by atoms with Gasteiger partial charge in [-0.25, -0.2) is 14.7 Å². The Bertz CT molecular complexity index is 1060. The van der Waals surface area contributed by atoms with Gasteiger partial charge in [-0.1, -0.05) is 17.3 Å². The third-order valence-electron chi connectivity index (χ3n) is 5.17. The number of aliphatic hydroxyl groups is 2. The lowest BCUT2D eigenvalue weighted by atomic mass is 10.1. The minimum Gasteiger partial charge on any atom is -0.387 e. The van der Waals surface area contributed by atoms with Crippen LogP contribution in [0.2, 0.25) is 0 Å². The maximum Gasteiger partial charge on any atom is 0.165 e. The second kappa shape index (κ2) is 7.08. The molecule has 4 atom stereocenters. The van der Waals surface area contributed by atoms with Gasteiger partial charge in [0.05, 0.1) is 18.5 Å². The summed E-state index contributed by atoms with van der Waals surface area (Å²) >= 11 is 0. The number of aliphatic imine (C=N–C) groups is 1. The number of nitrogens with two attached hydrogens (primary N) is 1. The predicted molar refractivity (Wildman–Crippen MR) is 103 cm³/mol. The highest BCUT2D eigenvalue weighted by Gasteiger charge is 2.44. The molecule has 29 heavy (non-hydrogen) atoms. The molecule has 1 aromatic carbocycles. The number of hydrogen-bond acceptors (Lipinski definition) is 10. The molecular weight excluding hydrogens is 378 g/mol. The first-order chi connectivity index (χ1) is 14.1. The Labute approximate surface area is 165 Å². The molecule has 1 fully saturated rings. The molecule has 0 amide bonds. The number of nitrogens with one attached hydrogen (secondary N) is 2. The minimum absolute atomic E-state index is 0.312. The van der Waals surface area contributed by atoms with Gasteiger partial charge < -0.3 is 26.0 Å². The van der Waals surface area contributed by atoms with Gasteiger partial charge in [0.1, 0.15) is 47.8 Å². The van der Waals surface area contributed by atoms with Gasteiger partial charge in [0, 0.05) is 6.54 Å². The van der Waals surface area contributed by atoms with Crippen LogP contribution < -0.4 is 16.4 Å². The van der Waals surface area contributed by atoms with Gasteiger partial charge in [0.15, 0.2) is 6.23 Å². The number of anilines is 1. The largest absolute Gasteiger partial charge is 0.387 e. The molecule has 12 nitrogen and oxygen atoms in total. The second-order valence-corrected chi connectivity index (χ2v) is 6.96. The highest BCUT2D eigenvalue weighted by molar-refractivity contribution is 6.01. The van der Waals surface area contributed by atoms with Crippen molar-refractivity contribution in [1.29, 1.82) is 0 Å². The Morgan fingerprint density at radius 2 is 2.14 bits per heavy atom. The van der Waals surface area contributed by atoms with Crippen LogP contribution in [0.3, 0.4) is 0 Å². The van der Waals surface area contributed by atoms with Crippen LogP contribution in [0.15, 0.2) is 35.6 Å². The molecule has 12 heteroatoms. The molecule has 6 N–H and O–H groups in total. The molecule has 0 aliphatic carbocycles. The first-order valence-electron chi connectivity index (χ1n) is 9.25. The fourth-order valence-electron chi connectivity index (χ4n) is 3.67. The third kappa shape index (κ3) is 3.02. The summed E-state index contributed by atoms with van der Waals surface area (Å²) in [6.07, 6.45) is -2.07.